The van der Waals surface area contributed by atoms with Gasteiger partial charge < -0.3 is 20.3 Å². The van der Waals surface area contributed by atoms with Gasteiger partial charge in [-0.3, -0.25) is 0 Å². The van der Waals surface area contributed by atoms with Gasteiger partial charge in [0.2, 0.25) is 0 Å². The molecule has 1 fully saturated rings. The number of ether oxygens (including phenoxy) is 1. The highest BCUT2D eigenvalue weighted by molar-refractivity contribution is 6.31. The molecule has 2 heterocycles. The topological polar surface area (TPSA) is 114 Å². The molecule has 0 aliphatic carbocycles. The van der Waals surface area contributed by atoms with Crippen LogP contribution in [0.5, 0.6) is 0 Å². The highest BCUT2D eigenvalue weighted by Crippen LogP contribution is 2.36. The molecule has 2 amide bonds. The molecule has 1 aliphatic rings. The van der Waals surface area contributed by atoms with E-state index in [9.17, 15) is 18.0 Å². The molecule has 1 saturated heterocycles. The number of amides is 2. The Balaban J connectivity index is 0.00000134. The number of carbonyl (C=O) groups is 1. The van der Waals surface area contributed by atoms with Gasteiger partial charge in [-0.1, -0.05) is 18.5 Å². The van der Waals surface area contributed by atoms with E-state index in [2.05, 4.69) is 15.5 Å². The Labute approximate surface area is 227 Å². The molecular formula is C26H25ClF3N5O4. The minimum atomic E-state index is -4.63. The van der Waals surface area contributed by atoms with Crippen molar-refractivity contribution in [2.24, 2.45) is 0 Å². The third-order valence-electron chi connectivity index (χ3n) is 5.80. The first-order valence-corrected chi connectivity index (χ1v) is 12.2. The van der Waals surface area contributed by atoms with Crippen molar-refractivity contribution in [3.8, 4) is 11.4 Å². The van der Waals surface area contributed by atoms with Crippen LogP contribution in [0.4, 0.5) is 35.2 Å². The molecule has 1 aromatic heterocycles. The maximum Gasteiger partial charge on any atom is 0.417 e. The minimum absolute atomic E-state index is 0.0309. The zero-order valence-corrected chi connectivity index (χ0v) is 21.8. The predicted octanol–water partition coefficient (Wildman–Crippen LogP) is 5.58. The maximum absolute atomic E-state index is 13.1. The van der Waals surface area contributed by atoms with Gasteiger partial charge in [-0.15, -0.1) is 0 Å². The van der Waals surface area contributed by atoms with Crippen LogP contribution in [0.1, 0.15) is 23.7 Å². The van der Waals surface area contributed by atoms with Crippen molar-refractivity contribution < 1.29 is 32.3 Å². The van der Waals surface area contributed by atoms with E-state index in [1.807, 2.05) is 13.8 Å². The zero-order valence-electron chi connectivity index (χ0n) is 21.1. The fourth-order valence-electron chi connectivity index (χ4n) is 3.92. The summed E-state index contributed by atoms with van der Waals surface area (Å²) in [6, 6.07) is 9.42. The number of morpholine rings is 1. The second-order valence-electron chi connectivity index (χ2n) is 8.33. The minimum Gasteiger partial charge on any atom is -0.378 e. The molecule has 4 rings (SSSR count). The number of nitrogens with one attached hydrogen (secondary N) is 2. The summed E-state index contributed by atoms with van der Waals surface area (Å²) in [5.41, 5.74) is 2.19. The number of carbonyl (C=O) groups excluding carboxylic acids is 3. The SMILES string of the molecule is CCc1nc(-c2ccc(NC(=O)Nc3ccc(Cl)c(C(F)(F)F)c3)cc2)nc(N2CCOCC2)c1C.O=C=O. The van der Waals surface area contributed by atoms with Gasteiger partial charge in [-0.2, -0.15) is 22.8 Å². The average Bonchev–Trinajstić information content (AvgIpc) is 2.91. The Morgan fingerprint density at radius 3 is 2.23 bits per heavy atom. The van der Waals surface area contributed by atoms with Gasteiger partial charge in [0.15, 0.2) is 5.82 Å². The number of anilines is 3. The summed E-state index contributed by atoms with van der Waals surface area (Å²) in [5.74, 6) is 1.47. The number of nitrogens with zero attached hydrogens (tertiary/aromatic N) is 3. The van der Waals surface area contributed by atoms with E-state index in [0.29, 0.717) is 24.7 Å². The lowest BCUT2D eigenvalue weighted by Crippen LogP contribution is -2.37. The first kappa shape index (κ1) is 29.6. The number of benzene rings is 2. The summed E-state index contributed by atoms with van der Waals surface area (Å²) < 4.78 is 44.6. The summed E-state index contributed by atoms with van der Waals surface area (Å²) in [5, 5.41) is 4.56. The first-order valence-electron chi connectivity index (χ1n) is 11.8. The summed E-state index contributed by atoms with van der Waals surface area (Å²) >= 11 is 5.63. The van der Waals surface area contributed by atoms with Crippen LogP contribution in [0, 0.1) is 6.92 Å². The molecular weight excluding hydrogens is 539 g/mol. The van der Waals surface area contributed by atoms with Crippen molar-refractivity contribution in [1.82, 2.24) is 9.97 Å². The van der Waals surface area contributed by atoms with Crippen LogP contribution in [0.2, 0.25) is 5.02 Å². The molecule has 0 saturated carbocycles. The molecule has 0 spiro atoms. The highest BCUT2D eigenvalue weighted by atomic mass is 35.5. The lowest BCUT2D eigenvalue weighted by Gasteiger charge is -2.29. The van der Waals surface area contributed by atoms with Crippen molar-refractivity contribution in [1.29, 1.82) is 0 Å². The fourth-order valence-corrected chi connectivity index (χ4v) is 4.15. The number of hydrogen-bond acceptors (Lipinski definition) is 7. The molecule has 0 unspecified atom stereocenters. The number of aryl methyl sites for hydroxylation is 1. The van der Waals surface area contributed by atoms with E-state index in [1.54, 1.807) is 24.3 Å². The lowest BCUT2D eigenvalue weighted by molar-refractivity contribution is -0.191. The van der Waals surface area contributed by atoms with Crippen LogP contribution >= 0.6 is 11.6 Å². The second kappa shape index (κ2) is 13.2. The van der Waals surface area contributed by atoms with Crippen molar-refractivity contribution >= 4 is 41.0 Å². The number of halogens is 4. The standard InChI is InChI=1S/C25H25ClF3N5O2.CO2/c1-3-21-15(2)23(34-10-12-36-13-11-34)33-22(32-21)16-4-6-17(7-5-16)30-24(35)31-18-8-9-20(26)19(14-18)25(27,28)29;2-1-3/h4-9,14H,3,10-13H2,1-2H3,(H2,30,31,35);. The third kappa shape index (κ3) is 7.76. The summed E-state index contributed by atoms with van der Waals surface area (Å²) in [7, 11) is 0. The largest absolute Gasteiger partial charge is 0.417 e. The highest BCUT2D eigenvalue weighted by Gasteiger charge is 2.33. The normalized spacial score (nSPS) is 13.1. The molecule has 0 atom stereocenters. The number of hydrogen-bond donors (Lipinski definition) is 2. The molecule has 13 heteroatoms. The first-order chi connectivity index (χ1) is 18.6. The number of urea groups is 1. The summed E-state index contributed by atoms with van der Waals surface area (Å²) in [6.45, 7) is 6.89. The van der Waals surface area contributed by atoms with Crippen molar-refractivity contribution in [2.75, 3.05) is 41.8 Å². The van der Waals surface area contributed by atoms with E-state index in [1.165, 1.54) is 6.07 Å². The quantitative estimate of drug-likeness (QED) is 0.416. The Hall–Kier alpha value is -3.99. The summed E-state index contributed by atoms with van der Waals surface area (Å²) in [4.78, 5) is 40.3. The van der Waals surface area contributed by atoms with E-state index in [-0.39, 0.29) is 11.8 Å². The molecule has 39 heavy (non-hydrogen) atoms. The van der Waals surface area contributed by atoms with Gasteiger partial charge in [0.1, 0.15) is 5.82 Å². The smallest absolute Gasteiger partial charge is 0.378 e. The van der Waals surface area contributed by atoms with Gasteiger partial charge in [-0.25, -0.2) is 14.8 Å². The molecule has 1 aliphatic heterocycles. The Morgan fingerprint density at radius 1 is 1.05 bits per heavy atom. The molecule has 3 aromatic rings. The molecule has 2 N–H and O–H groups in total. The number of aromatic nitrogens is 2. The molecule has 206 valence electrons. The van der Waals surface area contributed by atoms with Gasteiger partial charge >= 0.3 is 18.4 Å². The van der Waals surface area contributed by atoms with E-state index in [4.69, 9.17) is 35.9 Å². The fraction of sp³-hybridized carbons (Fsp3) is 0.308. The third-order valence-corrected chi connectivity index (χ3v) is 6.13. The number of rotatable bonds is 5. The molecule has 9 nitrogen and oxygen atoms in total. The average molecular weight is 564 g/mol. The van der Waals surface area contributed by atoms with Gasteiger partial charge in [0.05, 0.1) is 23.8 Å². The second-order valence-corrected chi connectivity index (χ2v) is 8.73. The molecule has 0 bridgehead atoms. The van der Waals surface area contributed by atoms with Crippen molar-refractivity contribution in [3.05, 3.63) is 64.3 Å². The monoisotopic (exact) mass is 563 g/mol. The van der Waals surface area contributed by atoms with Crippen LogP contribution in [0.15, 0.2) is 42.5 Å². The van der Waals surface area contributed by atoms with Gasteiger partial charge in [-0.05, 0) is 55.8 Å². The van der Waals surface area contributed by atoms with Gasteiger partial charge in [0, 0.05) is 41.3 Å². The molecule has 2 aromatic carbocycles. The van der Waals surface area contributed by atoms with Crippen LogP contribution in [-0.2, 0) is 26.9 Å². The van der Waals surface area contributed by atoms with Crippen LogP contribution in [-0.4, -0.2) is 48.5 Å². The van der Waals surface area contributed by atoms with Crippen LogP contribution in [0.25, 0.3) is 11.4 Å². The van der Waals surface area contributed by atoms with Crippen LogP contribution < -0.4 is 15.5 Å². The van der Waals surface area contributed by atoms with Crippen LogP contribution in [0.3, 0.4) is 0 Å². The zero-order chi connectivity index (χ0) is 28.6. The van der Waals surface area contributed by atoms with E-state index < -0.39 is 22.8 Å². The maximum atomic E-state index is 13.1. The lowest BCUT2D eigenvalue weighted by atomic mass is 10.1. The van der Waals surface area contributed by atoms with E-state index >= 15 is 0 Å². The Morgan fingerprint density at radius 2 is 1.64 bits per heavy atom. The van der Waals surface area contributed by atoms with Crippen molar-refractivity contribution in [2.45, 2.75) is 26.4 Å². The predicted molar refractivity (Wildman–Crippen MR) is 139 cm³/mol. The van der Waals surface area contributed by atoms with E-state index in [0.717, 1.165) is 54.3 Å². The number of alkyl halides is 3. The Bertz CT molecular complexity index is 1340. The Kier molecular flexibility index (Phi) is 10.00. The van der Waals surface area contributed by atoms with Crippen molar-refractivity contribution in [3.63, 3.8) is 0 Å². The summed E-state index contributed by atoms with van der Waals surface area (Å²) in [6.07, 6.45) is -3.61. The molecule has 0 radical (unpaired) electrons. The van der Waals surface area contributed by atoms with Gasteiger partial charge in [0.25, 0.3) is 0 Å².